The summed E-state index contributed by atoms with van der Waals surface area (Å²) in [6.07, 6.45) is -5.71. The molecule has 1 aromatic heterocycles. The van der Waals surface area contributed by atoms with E-state index in [1.165, 1.54) is 22.7 Å². The second-order valence-corrected chi connectivity index (χ2v) is 13.3. The van der Waals surface area contributed by atoms with Crippen LogP contribution in [0.25, 0.3) is 10.9 Å². The molecular formula is C32H27ClF5N5O6. The Morgan fingerprint density at radius 3 is 2.35 bits per heavy atom. The van der Waals surface area contributed by atoms with E-state index in [0.717, 1.165) is 18.2 Å². The Labute approximate surface area is 279 Å². The fourth-order valence-electron chi connectivity index (χ4n) is 6.11. The molecule has 1 fully saturated rings. The summed E-state index contributed by atoms with van der Waals surface area (Å²) >= 11 is 6.32. The molecule has 3 aromatic carbocycles. The SMILES string of the molecule is Cn1nc2c3c(c(NC(=O)c4cc(F)cc(C(F)(F)F)c4)cc2c1C1(O)CN(C(=O)OC(C)(C)C)C1)C(O)(c1cc(F)ccc1Cl)NC3=O. The summed E-state index contributed by atoms with van der Waals surface area (Å²) in [6, 6.07) is 5.31. The molecule has 3 amide bonds. The Morgan fingerprint density at radius 2 is 1.71 bits per heavy atom. The molecule has 0 bridgehead atoms. The standard InChI is InChI=1S/C32H27ClF5N5O6/c1-29(2,3)49-28(46)43-12-30(47,13-43)25-18-11-21(39-26(44)14-7-15(32(36,37)38)9-17(35)8-14)23-22(24(18)41-42(25)4)27(45)40-31(23,48)19-10-16(34)5-6-20(19)33/h5-11,47-48H,12-13H2,1-4H3,(H,39,44)(H,40,45). The van der Waals surface area contributed by atoms with Crippen LogP contribution in [0.4, 0.5) is 32.4 Å². The lowest BCUT2D eigenvalue weighted by atomic mass is 9.86. The van der Waals surface area contributed by atoms with Gasteiger partial charge in [0.1, 0.15) is 28.4 Å². The second kappa shape index (κ2) is 11.1. The number of ether oxygens (including phenoxy) is 1. The van der Waals surface area contributed by atoms with Crippen molar-refractivity contribution in [1.29, 1.82) is 0 Å². The van der Waals surface area contributed by atoms with Gasteiger partial charge in [0.2, 0.25) is 0 Å². The van der Waals surface area contributed by atoms with Crippen LogP contribution in [0.2, 0.25) is 5.02 Å². The molecule has 0 radical (unpaired) electrons. The van der Waals surface area contributed by atoms with E-state index in [1.807, 2.05) is 0 Å². The van der Waals surface area contributed by atoms with Gasteiger partial charge in [-0.1, -0.05) is 11.6 Å². The molecule has 0 spiro atoms. The number of hydrogen-bond donors (Lipinski definition) is 4. The molecule has 49 heavy (non-hydrogen) atoms. The molecule has 0 aliphatic carbocycles. The Morgan fingerprint density at radius 1 is 1.04 bits per heavy atom. The van der Waals surface area contributed by atoms with Gasteiger partial charge in [0.05, 0.1) is 35.6 Å². The maximum Gasteiger partial charge on any atom is 0.416 e. The first-order chi connectivity index (χ1) is 22.6. The quantitative estimate of drug-likeness (QED) is 0.215. The van der Waals surface area contributed by atoms with Crippen LogP contribution in [0.15, 0.2) is 42.5 Å². The fourth-order valence-corrected chi connectivity index (χ4v) is 6.37. The van der Waals surface area contributed by atoms with Crippen LogP contribution in [-0.2, 0) is 29.3 Å². The number of carbonyl (C=O) groups is 3. The highest BCUT2D eigenvalue weighted by Gasteiger charge is 2.52. The van der Waals surface area contributed by atoms with Crippen molar-refractivity contribution in [1.82, 2.24) is 20.0 Å². The first kappa shape index (κ1) is 34.1. The van der Waals surface area contributed by atoms with Crippen molar-refractivity contribution >= 4 is 46.1 Å². The van der Waals surface area contributed by atoms with Gasteiger partial charge in [0.15, 0.2) is 5.72 Å². The molecule has 6 rings (SSSR count). The summed E-state index contributed by atoms with van der Waals surface area (Å²) in [4.78, 5) is 40.9. The van der Waals surface area contributed by atoms with E-state index in [9.17, 15) is 46.5 Å². The van der Waals surface area contributed by atoms with Crippen LogP contribution in [0.3, 0.4) is 0 Å². The van der Waals surface area contributed by atoms with Gasteiger partial charge in [-0.15, -0.1) is 0 Å². The molecule has 11 nitrogen and oxygen atoms in total. The van der Waals surface area contributed by atoms with Crippen molar-refractivity contribution in [2.75, 3.05) is 18.4 Å². The van der Waals surface area contributed by atoms with Crippen LogP contribution >= 0.6 is 11.6 Å². The van der Waals surface area contributed by atoms with E-state index >= 15 is 0 Å². The Kier molecular flexibility index (Phi) is 7.73. The molecule has 17 heteroatoms. The highest BCUT2D eigenvalue weighted by Crippen LogP contribution is 2.47. The summed E-state index contributed by atoms with van der Waals surface area (Å²) in [6.45, 7) is 4.46. The predicted molar refractivity (Wildman–Crippen MR) is 164 cm³/mol. The minimum Gasteiger partial charge on any atom is -0.444 e. The Balaban J connectivity index is 1.53. The minimum atomic E-state index is -5.00. The average Bonchev–Trinajstić information content (AvgIpc) is 3.43. The number of anilines is 1. The maximum absolute atomic E-state index is 14.5. The average molecular weight is 708 g/mol. The Bertz CT molecular complexity index is 2090. The summed E-state index contributed by atoms with van der Waals surface area (Å²) < 4.78 is 75.7. The molecule has 258 valence electrons. The monoisotopic (exact) mass is 707 g/mol. The lowest BCUT2D eigenvalue weighted by Gasteiger charge is -2.46. The first-order valence-electron chi connectivity index (χ1n) is 14.6. The number of halogens is 6. The minimum absolute atomic E-state index is 0.0443. The number of fused-ring (bicyclic) bond motifs is 3. The maximum atomic E-state index is 14.5. The lowest BCUT2D eigenvalue weighted by molar-refractivity contribution is -0.137. The number of hydrogen-bond acceptors (Lipinski definition) is 7. The summed E-state index contributed by atoms with van der Waals surface area (Å²) in [5.74, 6) is -4.47. The summed E-state index contributed by atoms with van der Waals surface area (Å²) in [5, 5.41) is 32.6. The number of nitrogens with one attached hydrogen (secondary N) is 2. The van der Waals surface area contributed by atoms with Crippen molar-refractivity contribution in [3.05, 3.63) is 92.6 Å². The molecule has 2 aliphatic heterocycles. The molecule has 4 aromatic rings. The number of nitrogens with zero attached hydrogens (tertiary/aromatic N) is 3. The van der Waals surface area contributed by atoms with Crippen molar-refractivity contribution < 1.29 is 51.3 Å². The number of aliphatic hydroxyl groups is 2. The van der Waals surface area contributed by atoms with Gasteiger partial charge in [-0.2, -0.15) is 18.3 Å². The van der Waals surface area contributed by atoms with Crippen LogP contribution in [0.5, 0.6) is 0 Å². The molecule has 1 unspecified atom stereocenters. The molecule has 0 saturated carbocycles. The third-order valence-corrected chi connectivity index (χ3v) is 8.39. The predicted octanol–water partition coefficient (Wildman–Crippen LogP) is 5.15. The van der Waals surface area contributed by atoms with Crippen LogP contribution in [-0.4, -0.2) is 61.5 Å². The zero-order valence-electron chi connectivity index (χ0n) is 26.1. The number of likely N-dealkylation sites (tertiary alicyclic amines) is 1. The van der Waals surface area contributed by atoms with Gasteiger partial charge < -0.3 is 30.5 Å². The van der Waals surface area contributed by atoms with E-state index in [4.69, 9.17) is 16.3 Å². The van der Waals surface area contributed by atoms with Gasteiger partial charge in [0.25, 0.3) is 11.8 Å². The van der Waals surface area contributed by atoms with Crippen LogP contribution in [0.1, 0.15) is 63.9 Å². The first-order valence-corrected chi connectivity index (χ1v) is 14.9. The van der Waals surface area contributed by atoms with E-state index in [1.54, 1.807) is 20.8 Å². The number of rotatable bonds is 4. The number of amides is 3. The van der Waals surface area contributed by atoms with E-state index in [-0.39, 0.29) is 51.9 Å². The van der Waals surface area contributed by atoms with E-state index in [0.29, 0.717) is 12.1 Å². The molecular weight excluding hydrogens is 681 g/mol. The van der Waals surface area contributed by atoms with Gasteiger partial charge >= 0.3 is 12.3 Å². The van der Waals surface area contributed by atoms with Gasteiger partial charge in [-0.05, 0) is 63.2 Å². The van der Waals surface area contributed by atoms with Gasteiger partial charge in [-0.3, -0.25) is 14.3 Å². The van der Waals surface area contributed by atoms with E-state index < -0.39 is 75.0 Å². The van der Waals surface area contributed by atoms with Crippen molar-refractivity contribution in [3.63, 3.8) is 0 Å². The summed E-state index contributed by atoms with van der Waals surface area (Å²) in [7, 11) is 1.43. The van der Waals surface area contributed by atoms with Crippen LogP contribution < -0.4 is 10.6 Å². The zero-order valence-corrected chi connectivity index (χ0v) is 26.8. The molecule has 2 aliphatic rings. The molecule has 1 saturated heterocycles. The number of alkyl halides is 3. The number of carbonyl (C=O) groups excluding carboxylic acids is 3. The molecule has 3 heterocycles. The van der Waals surface area contributed by atoms with Crippen molar-refractivity contribution in [3.8, 4) is 0 Å². The fraction of sp³-hybridized carbons (Fsp3) is 0.312. The highest BCUT2D eigenvalue weighted by atomic mass is 35.5. The second-order valence-electron chi connectivity index (χ2n) is 12.9. The number of aryl methyl sites for hydroxylation is 1. The Hall–Kier alpha value is -4.80. The number of benzene rings is 3. The highest BCUT2D eigenvalue weighted by molar-refractivity contribution is 6.31. The molecule has 4 N–H and O–H groups in total. The zero-order chi connectivity index (χ0) is 36.0. The van der Waals surface area contributed by atoms with Crippen LogP contribution in [0, 0.1) is 11.6 Å². The molecule has 1 atom stereocenters. The van der Waals surface area contributed by atoms with Gasteiger partial charge in [0, 0.05) is 34.1 Å². The van der Waals surface area contributed by atoms with E-state index in [2.05, 4.69) is 15.7 Å². The third-order valence-electron chi connectivity index (χ3n) is 8.06. The third kappa shape index (κ3) is 5.82. The van der Waals surface area contributed by atoms with Gasteiger partial charge in [-0.25, -0.2) is 13.6 Å². The smallest absolute Gasteiger partial charge is 0.416 e. The largest absolute Gasteiger partial charge is 0.444 e. The number of β-amino-alcohol motifs (C(OH)–C–C–N with tert-alkyl or cyclic N) is 1. The lowest BCUT2D eigenvalue weighted by Crippen LogP contribution is -2.62. The summed E-state index contributed by atoms with van der Waals surface area (Å²) in [5.41, 5.74) is -8.96. The van der Waals surface area contributed by atoms with Crippen molar-refractivity contribution in [2.45, 2.75) is 43.9 Å². The number of aromatic nitrogens is 2. The van der Waals surface area contributed by atoms with Crippen molar-refractivity contribution in [2.24, 2.45) is 7.05 Å². The normalized spacial score (nSPS) is 18.6. The topological polar surface area (TPSA) is 146 Å².